The number of nitrogens with zero attached hydrogens (tertiary/aromatic N) is 1. The van der Waals surface area contributed by atoms with Gasteiger partial charge in [0.05, 0.1) is 0 Å². The number of benzene rings is 1. The molecular formula is C16H24N2O. The van der Waals surface area contributed by atoms with E-state index in [1.165, 1.54) is 19.4 Å². The lowest BCUT2D eigenvalue weighted by Crippen LogP contribution is -2.34. The van der Waals surface area contributed by atoms with Crippen LogP contribution in [-0.2, 0) is 0 Å². The largest absolute Gasteiger partial charge is 0.383 e. The van der Waals surface area contributed by atoms with Gasteiger partial charge in [0.25, 0.3) is 0 Å². The summed E-state index contributed by atoms with van der Waals surface area (Å²) in [6.45, 7) is 7.48. The van der Waals surface area contributed by atoms with Crippen LogP contribution in [0.15, 0.2) is 24.3 Å². The van der Waals surface area contributed by atoms with Crippen LogP contribution in [0.1, 0.15) is 43.5 Å². The highest BCUT2D eigenvalue weighted by molar-refractivity contribution is 5.96. The zero-order valence-electron chi connectivity index (χ0n) is 12.0. The Morgan fingerprint density at radius 3 is 2.68 bits per heavy atom. The maximum Gasteiger partial charge on any atom is 0.162 e. The summed E-state index contributed by atoms with van der Waals surface area (Å²) in [5.41, 5.74) is 1.92. The lowest BCUT2D eigenvalue weighted by molar-refractivity contribution is 0.0988. The van der Waals surface area contributed by atoms with E-state index in [2.05, 4.69) is 17.1 Å². The molecule has 1 atom stereocenters. The number of ketones is 1. The van der Waals surface area contributed by atoms with Gasteiger partial charge in [-0.25, -0.2) is 0 Å². The topological polar surface area (TPSA) is 32.3 Å². The molecule has 0 aliphatic carbocycles. The summed E-state index contributed by atoms with van der Waals surface area (Å²) in [5, 5.41) is 3.48. The van der Waals surface area contributed by atoms with E-state index in [1.807, 2.05) is 31.2 Å². The van der Waals surface area contributed by atoms with Crippen molar-refractivity contribution >= 4 is 11.5 Å². The third-order valence-corrected chi connectivity index (χ3v) is 3.98. The predicted molar refractivity (Wildman–Crippen MR) is 79.8 cm³/mol. The van der Waals surface area contributed by atoms with Crippen LogP contribution in [0.2, 0.25) is 0 Å². The number of carbonyl (C=O) groups excluding carboxylic acids is 1. The van der Waals surface area contributed by atoms with Gasteiger partial charge in [0.2, 0.25) is 0 Å². The van der Waals surface area contributed by atoms with Crippen molar-refractivity contribution in [2.24, 2.45) is 0 Å². The molecule has 1 aliphatic rings. The second-order valence-electron chi connectivity index (χ2n) is 5.16. The SMILES string of the molecule is CCC(=O)c1ccc(NCC2CCCN2CC)cc1. The first-order chi connectivity index (χ1) is 9.24. The Morgan fingerprint density at radius 2 is 2.05 bits per heavy atom. The molecule has 1 fully saturated rings. The number of anilines is 1. The molecule has 1 heterocycles. The quantitative estimate of drug-likeness (QED) is 0.797. The second-order valence-corrected chi connectivity index (χ2v) is 5.16. The number of hydrogen-bond donors (Lipinski definition) is 1. The number of likely N-dealkylation sites (tertiary alicyclic amines) is 1. The Kier molecular flexibility index (Phi) is 4.97. The van der Waals surface area contributed by atoms with E-state index in [9.17, 15) is 4.79 Å². The maximum atomic E-state index is 11.5. The molecule has 0 radical (unpaired) electrons. The van der Waals surface area contributed by atoms with Crippen LogP contribution in [0, 0.1) is 0 Å². The van der Waals surface area contributed by atoms with Crippen molar-refractivity contribution in [3.63, 3.8) is 0 Å². The highest BCUT2D eigenvalue weighted by atomic mass is 16.1. The van der Waals surface area contributed by atoms with Gasteiger partial charge < -0.3 is 5.32 Å². The summed E-state index contributed by atoms with van der Waals surface area (Å²) in [7, 11) is 0. The van der Waals surface area contributed by atoms with E-state index in [4.69, 9.17) is 0 Å². The molecule has 2 rings (SSSR count). The monoisotopic (exact) mass is 260 g/mol. The molecule has 1 aromatic rings. The zero-order chi connectivity index (χ0) is 13.7. The molecule has 1 aliphatic heterocycles. The number of carbonyl (C=O) groups is 1. The van der Waals surface area contributed by atoms with Gasteiger partial charge >= 0.3 is 0 Å². The third kappa shape index (κ3) is 3.57. The first-order valence-electron chi connectivity index (χ1n) is 7.35. The standard InChI is InChI=1S/C16H24N2O/c1-3-16(19)13-7-9-14(10-8-13)17-12-15-6-5-11-18(15)4-2/h7-10,15,17H,3-6,11-12H2,1-2H3. The summed E-state index contributed by atoms with van der Waals surface area (Å²) >= 11 is 0. The van der Waals surface area contributed by atoms with Gasteiger partial charge in [-0.1, -0.05) is 13.8 Å². The zero-order valence-corrected chi connectivity index (χ0v) is 12.0. The molecular weight excluding hydrogens is 236 g/mol. The average Bonchev–Trinajstić information content (AvgIpc) is 2.92. The summed E-state index contributed by atoms with van der Waals surface area (Å²) in [5.74, 6) is 0.208. The first-order valence-corrected chi connectivity index (χ1v) is 7.35. The normalized spacial score (nSPS) is 19.6. The van der Waals surface area contributed by atoms with Crippen LogP contribution in [0.25, 0.3) is 0 Å². The molecule has 0 spiro atoms. The predicted octanol–water partition coefficient (Wildman–Crippen LogP) is 3.18. The molecule has 104 valence electrons. The van der Waals surface area contributed by atoms with Crippen LogP contribution in [0.3, 0.4) is 0 Å². The van der Waals surface area contributed by atoms with Gasteiger partial charge in [-0.15, -0.1) is 0 Å². The van der Waals surface area contributed by atoms with E-state index < -0.39 is 0 Å². The lowest BCUT2D eigenvalue weighted by Gasteiger charge is -2.23. The Morgan fingerprint density at radius 1 is 1.32 bits per heavy atom. The summed E-state index contributed by atoms with van der Waals surface area (Å²) in [6, 6.07) is 8.50. The molecule has 0 aromatic heterocycles. The van der Waals surface area contributed by atoms with Crippen molar-refractivity contribution in [1.82, 2.24) is 4.90 Å². The number of likely N-dealkylation sites (N-methyl/N-ethyl adjacent to an activating group) is 1. The van der Waals surface area contributed by atoms with E-state index in [0.29, 0.717) is 12.5 Å². The van der Waals surface area contributed by atoms with Crippen LogP contribution in [0.4, 0.5) is 5.69 Å². The van der Waals surface area contributed by atoms with Gasteiger partial charge in [-0.2, -0.15) is 0 Å². The van der Waals surface area contributed by atoms with Crippen LogP contribution >= 0.6 is 0 Å². The molecule has 1 N–H and O–H groups in total. The molecule has 1 aromatic carbocycles. The molecule has 0 bridgehead atoms. The van der Waals surface area contributed by atoms with Crippen molar-refractivity contribution < 1.29 is 4.79 Å². The molecule has 1 saturated heterocycles. The second kappa shape index (κ2) is 6.71. The summed E-state index contributed by atoms with van der Waals surface area (Å²) < 4.78 is 0. The van der Waals surface area contributed by atoms with Gasteiger partial charge in [-0.05, 0) is 50.2 Å². The van der Waals surface area contributed by atoms with Gasteiger partial charge in [0, 0.05) is 30.3 Å². The number of hydrogen-bond acceptors (Lipinski definition) is 3. The molecule has 0 amide bonds. The van der Waals surface area contributed by atoms with Crippen molar-refractivity contribution in [2.45, 2.75) is 39.2 Å². The van der Waals surface area contributed by atoms with Crippen LogP contribution in [0.5, 0.6) is 0 Å². The Balaban J connectivity index is 1.88. The minimum absolute atomic E-state index is 0.208. The van der Waals surface area contributed by atoms with Crippen molar-refractivity contribution in [3.8, 4) is 0 Å². The molecule has 1 unspecified atom stereocenters. The minimum atomic E-state index is 0.208. The Bertz CT molecular complexity index is 413. The minimum Gasteiger partial charge on any atom is -0.383 e. The van der Waals surface area contributed by atoms with Gasteiger partial charge in [-0.3, -0.25) is 9.69 Å². The fourth-order valence-corrected chi connectivity index (χ4v) is 2.76. The van der Waals surface area contributed by atoms with Crippen molar-refractivity contribution in [2.75, 3.05) is 25.0 Å². The Hall–Kier alpha value is -1.35. The average molecular weight is 260 g/mol. The van der Waals surface area contributed by atoms with Gasteiger partial charge in [0.15, 0.2) is 5.78 Å². The van der Waals surface area contributed by atoms with E-state index in [0.717, 1.165) is 24.3 Å². The van der Waals surface area contributed by atoms with E-state index in [-0.39, 0.29) is 5.78 Å². The fourth-order valence-electron chi connectivity index (χ4n) is 2.76. The maximum absolute atomic E-state index is 11.5. The summed E-state index contributed by atoms with van der Waals surface area (Å²) in [4.78, 5) is 14.1. The first kappa shape index (κ1) is 14.1. The van der Waals surface area contributed by atoms with Crippen LogP contribution < -0.4 is 5.32 Å². The highest BCUT2D eigenvalue weighted by Crippen LogP contribution is 2.18. The summed E-state index contributed by atoms with van der Waals surface area (Å²) in [6.07, 6.45) is 3.16. The molecule has 3 nitrogen and oxygen atoms in total. The third-order valence-electron chi connectivity index (χ3n) is 3.98. The number of Topliss-reactive ketones (excluding diaryl/α,β-unsaturated/α-hetero) is 1. The number of rotatable bonds is 6. The molecule has 0 saturated carbocycles. The lowest BCUT2D eigenvalue weighted by atomic mass is 10.1. The van der Waals surface area contributed by atoms with E-state index in [1.54, 1.807) is 0 Å². The van der Waals surface area contributed by atoms with Crippen LogP contribution in [-0.4, -0.2) is 36.4 Å². The highest BCUT2D eigenvalue weighted by Gasteiger charge is 2.22. The Labute approximate surface area is 116 Å². The molecule has 19 heavy (non-hydrogen) atoms. The fraction of sp³-hybridized carbons (Fsp3) is 0.562. The van der Waals surface area contributed by atoms with Crippen molar-refractivity contribution in [3.05, 3.63) is 29.8 Å². The van der Waals surface area contributed by atoms with E-state index >= 15 is 0 Å². The smallest absolute Gasteiger partial charge is 0.162 e. The van der Waals surface area contributed by atoms with Gasteiger partial charge in [0.1, 0.15) is 0 Å². The number of nitrogens with one attached hydrogen (secondary N) is 1. The van der Waals surface area contributed by atoms with Crippen molar-refractivity contribution in [1.29, 1.82) is 0 Å². The molecule has 3 heteroatoms.